The monoisotopic (exact) mass is 577 g/mol. The zero-order chi connectivity index (χ0) is 28.6. The molecule has 41 heavy (non-hydrogen) atoms. The Kier molecular flexibility index (Phi) is 7.42. The van der Waals surface area contributed by atoms with Crippen molar-refractivity contribution in [1.29, 1.82) is 0 Å². The summed E-state index contributed by atoms with van der Waals surface area (Å²) < 4.78 is 48.0. The summed E-state index contributed by atoms with van der Waals surface area (Å²) in [6.45, 7) is 1.17. The van der Waals surface area contributed by atoms with E-state index in [4.69, 9.17) is 4.74 Å². The van der Waals surface area contributed by atoms with Crippen molar-refractivity contribution in [2.45, 2.75) is 48.9 Å². The lowest BCUT2D eigenvalue weighted by Gasteiger charge is -2.31. The second-order valence-corrected chi connectivity index (χ2v) is 12.8. The van der Waals surface area contributed by atoms with Crippen molar-refractivity contribution < 1.29 is 27.1 Å². The first-order chi connectivity index (χ1) is 19.8. The summed E-state index contributed by atoms with van der Waals surface area (Å²) in [5, 5.41) is -0.577. The first-order valence-electron chi connectivity index (χ1n) is 14.0. The molecule has 2 fully saturated rings. The molecule has 3 aromatic rings. The van der Waals surface area contributed by atoms with E-state index in [1.54, 1.807) is 6.07 Å². The van der Waals surface area contributed by atoms with Gasteiger partial charge in [0.25, 0.3) is 5.91 Å². The zero-order valence-electron chi connectivity index (χ0n) is 22.5. The number of hydrogen-bond acceptors (Lipinski definition) is 6. The fourth-order valence-electron chi connectivity index (χ4n) is 5.89. The van der Waals surface area contributed by atoms with Gasteiger partial charge in [-0.25, -0.2) is 12.8 Å². The lowest BCUT2D eigenvalue weighted by Crippen LogP contribution is -2.49. The van der Waals surface area contributed by atoms with E-state index in [9.17, 15) is 22.4 Å². The molecule has 2 amide bonds. The highest BCUT2D eigenvalue weighted by molar-refractivity contribution is 7.90. The topological polar surface area (TPSA) is 96.0 Å². The number of amides is 2. The van der Waals surface area contributed by atoms with Gasteiger partial charge < -0.3 is 14.5 Å². The summed E-state index contributed by atoms with van der Waals surface area (Å²) in [5.41, 5.74) is 2.11. The normalized spacial score (nSPS) is 20.7. The molecule has 0 radical (unpaired) electrons. The smallest absolute Gasteiger partial charge is 0.256 e. The SMILES string of the molecule is O=C(NS(=O)(=O)C1CC1)C1CC(N2CCCOc3ccc(F)cc32)CN1C(=O)C(c1ccccc1)c1ccccc1. The molecule has 6 rings (SSSR count). The zero-order valence-corrected chi connectivity index (χ0v) is 23.3. The predicted molar refractivity (Wildman–Crippen MR) is 153 cm³/mol. The van der Waals surface area contributed by atoms with Crippen molar-refractivity contribution in [3.8, 4) is 5.75 Å². The predicted octanol–water partition coefficient (Wildman–Crippen LogP) is 3.82. The van der Waals surface area contributed by atoms with E-state index >= 15 is 0 Å². The third-order valence-electron chi connectivity index (χ3n) is 8.06. The largest absolute Gasteiger partial charge is 0.491 e. The average molecular weight is 578 g/mol. The summed E-state index contributed by atoms with van der Waals surface area (Å²) in [5.74, 6) is -1.57. The molecule has 2 heterocycles. The number of likely N-dealkylation sites (tertiary alicyclic amines) is 1. The Morgan fingerprint density at radius 3 is 2.24 bits per heavy atom. The van der Waals surface area contributed by atoms with E-state index < -0.39 is 39.0 Å². The molecule has 8 nitrogen and oxygen atoms in total. The van der Waals surface area contributed by atoms with Gasteiger partial charge >= 0.3 is 0 Å². The van der Waals surface area contributed by atoms with Gasteiger partial charge in [-0.3, -0.25) is 14.3 Å². The van der Waals surface area contributed by atoms with E-state index in [1.165, 1.54) is 17.0 Å². The molecule has 214 valence electrons. The Morgan fingerprint density at radius 2 is 1.61 bits per heavy atom. The maximum absolute atomic E-state index is 14.5. The van der Waals surface area contributed by atoms with Crippen LogP contribution in [0.1, 0.15) is 42.7 Å². The van der Waals surface area contributed by atoms with Gasteiger partial charge in [0.15, 0.2) is 0 Å². The van der Waals surface area contributed by atoms with Crippen LogP contribution in [-0.2, 0) is 19.6 Å². The van der Waals surface area contributed by atoms with E-state index in [0.29, 0.717) is 43.9 Å². The van der Waals surface area contributed by atoms with Gasteiger partial charge in [-0.05, 0) is 48.9 Å². The number of fused-ring (bicyclic) bond motifs is 1. The number of hydrogen-bond donors (Lipinski definition) is 1. The van der Waals surface area contributed by atoms with Crippen LogP contribution in [0.4, 0.5) is 10.1 Å². The van der Waals surface area contributed by atoms with Crippen LogP contribution in [0.5, 0.6) is 5.75 Å². The van der Waals surface area contributed by atoms with Gasteiger partial charge in [-0.1, -0.05) is 60.7 Å². The molecule has 2 aliphatic heterocycles. The Morgan fingerprint density at radius 1 is 0.951 bits per heavy atom. The lowest BCUT2D eigenvalue weighted by atomic mass is 9.90. The Balaban J connectivity index is 1.37. The van der Waals surface area contributed by atoms with Crippen molar-refractivity contribution >= 4 is 27.5 Å². The standard InChI is InChI=1S/C31H32FN3O5S/c32-23-12-15-28-26(18-23)34(16-7-17-40-28)24-19-27(30(36)33-41(38,39)25-13-14-25)35(20-24)31(37)29(21-8-3-1-4-9-21)22-10-5-2-6-11-22/h1-6,8-12,15,18,24-25,27,29H,7,13-14,16-17,19-20H2,(H,33,36). The maximum Gasteiger partial charge on any atom is 0.256 e. The molecule has 2 unspecified atom stereocenters. The first kappa shape index (κ1) is 27.3. The van der Waals surface area contributed by atoms with E-state index in [0.717, 1.165) is 11.1 Å². The van der Waals surface area contributed by atoms with Gasteiger partial charge in [0.05, 0.1) is 23.5 Å². The molecule has 1 N–H and O–H groups in total. The minimum absolute atomic E-state index is 0.173. The third kappa shape index (κ3) is 5.66. The highest BCUT2D eigenvalue weighted by Gasteiger charge is 2.47. The van der Waals surface area contributed by atoms with E-state index in [2.05, 4.69) is 4.72 Å². The average Bonchev–Trinajstić information content (AvgIpc) is 3.78. The summed E-state index contributed by atoms with van der Waals surface area (Å²) in [7, 11) is -3.82. The molecule has 2 atom stereocenters. The minimum atomic E-state index is -3.82. The van der Waals surface area contributed by atoms with Crippen LogP contribution in [0.25, 0.3) is 0 Å². The van der Waals surface area contributed by atoms with Crippen molar-refractivity contribution in [2.24, 2.45) is 0 Å². The number of carbonyl (C=O) groups excluding carboxylic acids is 2. The van der Waals surface area contributed by atoms with Gasteiger partial charge in [-0.15, -0.1) is 0 Å². The van der Waals surface area contributed by atoms with Crippen LogP contribution in [0.3, 0.4) is 0 Å². The van der Waals surface area contributed by atoms with Crippen LogP contribution in [-0.4, -0.2) is 62.2 Å². The second kappa shape index (κ2) is 11.2. The van der Waals surface area contributed by atoms with Crippen molar-refractivity contribution in [2.75, 3.05) is 24.6 Å². The first-order valence-corrected chi connectivity index (χ1v) is 15.5. The molecule has 3 aromatic carbocycles. The van der Waals surface area contributed by atoms with Crippen LogP contribution in [0, 0.1) is 5.82 Å². The molecule has 1 aliphatic carbocycles. The highest BCUT2D eigenvalue weighted by atomic mass is 32.2. The third-order valence-corrected chi connectivity index (χ3v) is 9.89. The van der Waals surface area contributed by atoms with Crippen LogP contribution in [0.2, 0.25) is 0 Å². The number of halogens is 1. The number of nitrogens with one attached hydrogen (secondary N) is 1. The van der Waals surface area contributed by atoms with Crippen LogP contribution >= 0.6 is 0 Å². The molecule has 1 saturated heterocycles. The molecule has 1 saturated carbocycles. The van der Waals surface area contributed by atoms with Gasteiger partial charge in [-0.2, -0.15) is 0 Å². The van der Waals surface area contributed by atoms with Gasteiger partial charge in [0, 0.05) is 25.2 Å². The maximum atomic E-state index is 14.5. The van der Waals surface area contributed by atoms with Gasteiger partial charge in [0.1, 0.15) is 17.6 Å². The quantitative estimate of drug-likeness (QED) is 0.459. The van der Waals surface area contributed by atoms with Crippen molar-refractivity contribution in [3.05, 3.63) is 95.8 Å². The van der Waals surface area contributed by atoms with Crippen LogP contribution in [0.15, 0.2) is 78.9 Å². The molecule has 0 spiro atoms. The van der Waals surface area contributed by atoms with Gasteiger partial charge in [0.2, 0.25) is 15.9 Å². The van der Waals surface area contributed by atoms with E-state index in [1.807, 2.05) is 65.6 Å². The number of benzene rings is 3. The number of rotatable bonds is 7. The molecule has 3 aliphatic rings. The Bertz CT molecular complexity index is 1490. The molecule has 0 aromatic heterocycles. The molecular formula is C31H32FN3O5S. The number of sulfonamides is 1. The number of ether oxygens (including phenoxy) is 1. The van der Waals surface area contributed by atoms with Crippen molar-refractivity contribution in [1.82, 2.24) is 9.62 Å². The lowest BCUT2D eigenvalue weighted by molar-refractivity contribution is -0.138. The second-order valence-electron chi connectivity index (χ2n) is 10.9. The summed E-state index contributed by atoms with van der Waals surface area (Å²) in [4.78, 5) is 31.6. The highest BCUT2D eigenvalue weighted by Crippen LogP contribution is 2.38. The fraction of sp³-hybridized carbons (Fsp3) is 0.355. The summed E-state index contributed by atoms with van der Waals surface area (Å²) in [6.07, 6.45) is 1.89. The fourth-order valence-corrected chi connectivity index (χ4v) is 7.23. The summed E-state index contributed by atoms with van der Waals surface area (Å²) >= 11 is 0. The van der Waals surface area contributed by atoms with Crippen molar-refractivity contribution in [3.63, 3.8) is 0 Å². The number of carbonyl (C=O) groups is 2. The van der Waals surface area contributed by atoms with E-state index in [-0.39, 0.29) is 24.9 Å². The number of nitrogens with zero attached hydrogens (tertiary/aromatic N) is 2. The Labute approximate surface area is 239 Å². The number of anilines is 1. The molecular weight excluding hydrogens is 545 g/mol. The molecule has 10 heteroatoms. The summed E-state index contributed by atoms with van der Waals surface area (Å²) in [6, 6.07) is 21.7. The minimum Gasteiger partial charge on any atom is -0.491 e. The van der Waals surface area contributed by atoms with Crippen LogP contribution < -0.4 is 14.4 Å². The molecule has 0 bridgehead atoms. The Hall–Kier alpha value is -3.92.